The average molecular weight is 185 g/mol. The lowest BCUT2D eigenvalue weighted by molar-refractivity contribution is -0.0873. The fraction of sp³-hybridized carbons (Fsp3) is 1.00. The summed E-state index contributed by atoms with van der Waals surface area (Å²) in [5, 5.41) is 10.2. The van der Waals surface area contributed by atoms with Crippen molar-refractivity contribution in [3.05, 3.63) is 0 Å². The van der Waals surface area contributed by atoms with Crippen molar-refractivity contribution >= 4 is 0 Å². The van der Waals surface area contributed by atoms with E-state index in [9.17, 15) is 5.11 Å². The largest absolute Gasteiger partial charge is 0.387 e. The van der Waals surface area contributed by atoms with Crippen LogP contribution in [0.15, 0.2) is 0 Å². The molecule has 2 fully saturated rings. The number of fused-ring (bicyclic) bond motifs is 2. The van der Waals surface area contributed by atoms with Gasteiger partial charge in [-0.2, -0.15) is 0 Å². The zero-order valence-corrected chi connectivity index (χ0v) is 8.49. The molecule has 0 aromatic heterocycles. The third-order valence-electron chi connectivity index (χ3n) is 3.63. The van der Waals surface area contributed by atoms with E-state index in [0.29, 0.717) is 18.7 Å². The molecule has 2 bridgehead atoms. The molecule has 2 saturated heterocycles. The van der Waals surface area contributed by atoms with E-state index in [-0.39, 0.29) is 0 Å². The number of aliphatic hydroxyl groups is 1. The Morgan fingerprint density at radius 2 is 1.92 bits per heavy atom. The van der Waals surface area contributed by atoms with Crippen LogP contribution in [0.25, 0.3) is 0 Å². The van der Waals surface area contributed by atoms with Crippen molar-refractivity contribution in [2.45, 2.75) is 43.4 Å². The number of rotatable bonds is 2. The van der Waals surface area contributed by atoms with Crippen molar-refractivity contribution in [2.24, 2.45) is 0 Å². The molecule has 2 unspecified atom stereocenters. The number of hydrogen-bond acceptors (Lipinski definition) is 3. The Balaban J connectivity index is 2.05. The van der Waals surface area contributed by atoms with Gasteiger partial charge in [-0.25, -0.2) is 0 Å². The first-order valence-corrected chi connectivity index (χ1v) is 5.08. The van der Waals surface area contributed by atoms with E-state index in [1.54, 1.807) is 7.11 Å². The molecular formula is C10H19NO2. The maximum Gasteiger partial charge on any atom is 0.0909 e. The Morgan fingerprint density at radius 3 is 2.38 bits per heavy atom. The number of piperidine rings is 1. The van der Waals surface area contributed by atoms with Gasteiger partial charge in [0.2, 0.25) is 0 Å². The van der Waals surface area contributed by atoms with Crippen LogP contribution < -0.4 is 0 Å². The van der Waals surface area contributed by atoms with Gasteiger partial charge in [0, 0.05) is 19.2 Å². The standard InChI is InChI=1S/C10H19NO2/c1-11-8-3-4-9(11)6-10(12,5-8)7-13-2/h8-9,12H,3-7H2,1-2H3/t8-,9?,10?/m1/s1. The van der Waals surface area contributed by atoms with Gasteiger partial charge < -0.3 is 14.7 Å². The fourth-order valence-corrected chi connectivity index (χ4v) is 2.93. The predicted octanol–water partition coefficient (Wildman–Crippen LogP) is 0.620. The van der Waals surface area contributed by atoms with Gasteiger partial charge in [0.15, 0.2) is 0 Å². The van der Waals surface area contributed by atoms with Crippen LogP contribution in [-0.2, 0) is 4.74 Å². The molecule has 0 amide bonds. The molecular weight excluding hydrogens is 166 g/mol. The van der Waals surface area contributed by atoms with Gasteiger partial charge in [-0.05, 0) is 32.7 Å². The van der Waals surface area contributed by atoms with Crippen molar-refractivity contribution in [3.63, 3.8) is 0 Å². The van der Waals surface area contributed by atoms with Gasteiger partial charge in [-0.3, -0.25) is 0 Å². The number of ether oxygens (including phenoxy) is 1. The van der Waals surface area contributed by atoms with E-state index >= 15 is 0 Å². The quantitative estimate of drug-likeness (QED) is 0.684. The van der Waals surface area contributed by atoms with Gasteiger partial charge in [0.25, 0.3) is 0 Å². The smallest absolute Gasteiger partial charge is 0.0909 e. The van der Waals surface area contributed by atoms with Crippen molar-refractivity contribution < 1.29 is 9.84 Å². The third-order valence-corrected chi connectivity index (χ3v) is 3.63. The Hall–Kier alpha value is -0.120. The molecule has 2 aliphatic heterocycles. The highest BCUT2D eigenvalue weighted by atomic mass is 16.5. The van der Waals surface area contributed by atoms with Crippen LogP contribution in [0.3, 0.4) is 0 Å². The normalized spacial score (nSPS) is 45.5. The average Bonchev–Trinajstić information content (AvgIpc) is 2.34. The Morgan fingerprint density at radius 1 is 1.38 bits per heavy atom. The summed E-state index contributed by atoms with van der Waals surface area (Å²) in [7, 11) is 3.84. The van der Waals surface area contributed by atoms with E-state index in [1.165, 1.54) is 12.8 Å². The summed E-state index contributed by atoms with van der Waals surface area (Å²) in [5.74, 6) is 0. The highest BCUT2D eigenvalue weighted by Crippen LogP contribution is 2.39. The van der Waals surface area contributed by atoms with Gasteiger partial charge in [-0.15, -0.1) is 0 Å². The van der Waals surface area contributed by atoms with Crippen LogP contribution in [0.1, 0.15) is 25.7 Å². The summed E-state index contributed by atoms with van der Waals surface area (Å²) >= 11 is 0. The molecule has 0 spiro atoms. The van der Waals surface area contributed by atoms with Gasteiger partial charge >= 0.3 is 0 Å². The molecule has 76 valence electrons. The lowest BCUT2D eigenvalue weighted by atomic mass is 9.87. The second-order valence-corrected chi connectivity index (χ2v) is 4.62. The number of methoxy groups -OCH3 is 1. The van der Waals surface area contributed by atoms with Gasteiger partial charge in [0.1, 0.15) is 0 Å². The van der Waals surface area contributed by atoms with Crippen LogP contribution in [-0.4, -0.2) is 48.5 Å². The third kappa shape index (κ3) is 1.60. The first-order chi connectivity index (χ1) is 6.14. The van der Waals surface area contributed by atoms with E-state index < -0.39 is 5.60 Å². The summed E-state index contributed by atoms with van der Waals surface area (Å²) in [6.07, 6.45) is 4.25. The monoisotopic (exact) mass is 185 g/mol. The molecule has 0 aromatic rings. The van der Waals surface area contributed by atoms with E-state index in [0.717, 1.165) is 12.8 Å². The minimum Gasteiger partial charge on any atom is -0.387 e. The Kier molecular flexibility index (Phi) is 2.34. The van der Waals surface area contributed by atoms with E-state index in [2.05, 4.69) is 11.9 Å². The summed E-state index contributed by atoms with van der Waals surface area (Å²) in [6.45, 7) is 0.494. The molecule has 0 radical (unpaired) electrons. The fourth-order valence-electron chi connectivity index (χ4n) is 2.93. The highest BCUT2D eigenvalue weighted by molar-refractivity contribution is 5.00. The van der Waals surface area contributed by atoms with Crippen LogP contribution in [0.5, 0.6) is 0 Å². The maximum atomic E-state index is 10.2. The highest BCUT2D eigenvalue weighted by Gasteiger charge is 2.45. The van der Waals surface area contributed by atoms with Crippen molar-refractivity contribution in [1.29, 1.82) is 0 Å². The first kappa shape index (κ1) is 9.44. The molecule has 13 heavy (non-hydrogen) atoms. The van der Waals surface area contributed by atoms with E-state index in [4.69, 9.17) is 4.74 Å². The molecule has 0 saturated carbocycles. The molecule has 2 rings (SSSR count). The first-order valence-electron chi connectivity index (χ1n) is 5.08. The van der Waals surface area contributed by atoms with Crippen molar-refractivity contribution in [3.8, 4) is 0 Å². The molecule has 0 aliphatic carbocycles. The topological polar surface area (TPSA) is 32.7 Å². The zero-order valence-electron chi connectivity index (χ0n) is 8.49. The summed E-state index contributed by atoms with van der Waals surface area (Å²) in [6, 6.07) is 1.16. The lowest BCUT2D eigenvalue weighted by Crippen LogP contribution is -2.51. The molecule has 2 aliphatic rings. The molecule has 3 atom stereocenters. The maximum absolute atomic E-state index is 10.2. The summed E-state index contributed by atoms with van der Waals surface area (Å²) in [4.78, 5) is 2.42. The van der Waals surface area contributed by atoms with Crippen molar-refractivity contribution in [1.82, 2.24) is 4.90 Å². The van der Waals surface area contributed by atoms with Crippen LogP contribution >= 0.6 is 0 Å². The molecule has 1 N–H and O–H groups in total. The Labute approximate surface area is 79.7 Å². The molecule has 0 aromatic carbocycles. The SMILES string of the molecule is COCC1(O)CC2CC[C@H](C1)N2C. The molecule has 3 heteroatoms. The van der Waals surface area contributed by atoms with Crippen LogP contribution in [0.4, 0.5) is 0 Å². The van der Waals surface area contributed by atoms with Crippen LogP contribution in [0, 0.1) is 0 Å². The predicted molar refractivity (Wildman–Crippen MR) is 50.6 cm³/mol. The summed E-state index contributed by atoms with van der Waals surface area (Å²) in [5.41, 5.74) is -0.549. The lowest BCUT2D eigenvalue weighted by Gasteiger charge is -2.41. The number of nitrogens with zero attached hydrogens (tertiary/aromatic N) is 1. The second-order valence-electron chi connectivity index (χ2n) is 4.62. The van der Waals surface area contributed by atoms with Gasteiger partial charge in [-0.1, -0.05) is 0 Å². The minimum atomic E-state index is -0.549. The van der Waals surface area contributed by atoms with E-state index in [1.807, 2.05) is 0 Å². The van der Waals surface area contributed by atoms with Gasteiger partial charge in [0.05, 0.1) is 12.2 Å². The molecule has 2 heterocycles. The minimum absolute atomic E-state index is 0.494. The molecule has 3 nitrogen and oxygen atoms in total. The summed E-state index contributed by atoms with van der Waals surface area (Å²) < 4.78 is 5.08. The van der Waals surface area contributed by atoms with Crippen molar-refractivity contribution in [2.75, 3.05) is 20.8 Å². The number of hydrogen-bond donors (Lipinski definition) is 1. The Bertz CT molecular complexity index is 181. The van der Waals surface area contributed by atoms with Crippen LogP contribution in [0.2, 0.25) is 0 Å². The zero-order chi connectivity index (χ0) is 9.47. The second kappa shape index (κ2) is 3.23.